The van der Waals surface area contributed by atoms with Gasteiger partial charge in [-0.3, -0.25) is 0 Å². The Hall–Kier alpha value is -2.26. The molecule has 2 aromatic rings. The molecule has 0 aromatic heterocycles. The Bertz CT molecular complexity index is 1080. The lowest BCUT2D eigenvalue weighted by Crippen LogP contribution is -2.54. The van der Waals surface area contributed by atoms with Crippen molar-refractivity contribution in [3.05, 3.63) is 82.6 Å². The van der Waals surface area contributed by atoms with E-state index in [4.69, 9.17) is 0 Å². The number of piperazine rings is 1. The molecule has 0 bridgehead atoms. The summed E-state index contributed by atoms with van der Waals surface area (Å²) in [6.07, 6.45) is 3.10. The zero-order valence-electron chi connectivity index (χ0n) is 16.1. The molecule has 29 heavy (non-hydrogen) atoms. The Morgan fingerprint density at radius 2 is 1.24 bits per heavy atom. The third kappa shape index (κ3) is 5.63. The summed E-state index contributed by atoms with van der Waals surface area (Å²) in [5, 5.41) is 2.35. The fourth-order valence-electron chi connectivity index (χ4n) is 3.14. The molecule has 1 atom stereocenters. The molecular formula is C21H24N2O4S2. The van der Waals surface area contributed by atoms with Gasteiger partial charge in [0.2, 0.25) is 20.0 Å². The highest BCUT2D eigenvalue weighted by Crippen LogP contribution is 2.20. The highest BCUT2D eigenvalue weighted by molar-refractivity contribution is 7.92. The van der Waals surface area contributed by atoms with Crippen molar-refractivity contribution in [2.75, 3.05) is 19.6 Å². The molecule has 0 aliphatic carbocycles. The second-order valence-corrected chi connectivity index (χ2v) is 10.4. The van der Waals surface area contributed by atoms with E-state index in [2.05, 4.69) is 0 Å². The molecule has 0 spiro atoms. The molecule has 1 fully saturated rings. The van der Waals surface area contributed by atoms with E-state index >= 15 is 0 Å². The van der Waals surface area contributed by atoms with Crippen LogP contribution in [0.5, 0.6) is 0 Å². The van der Waals surface area contributed by atoms with Gasteiger partial charge in [0.05, 0.1) is 0 Å². The van der Waals surface area contributed by atoms with E-state index in [1.807, 2.05) is 60.7 Å². The molecule has 3 rings (SSSR count). The molecule has 0 N–H and O–H groups in total. The van der Waals surface area contributed by atoms with Crippen LogP contribution in [0.3, 0.4) is 0 Å². The van der Waals surface area contributed by atoms with Crippen LogP contribution in [0.1, 0.15) is 18.1 Å². The predicted octanol–water partition coefficient (Wildman–Crippen LogP) is 2.99. The van der Waals surface area contributed by atoms with Crippen molar-refractivity contribution in [2.24, 2.45) is 0 Å². The molecule has 0 saturated carbocycles. The number of sulfonamides is 2. The molecule has 8 heteroatoms. The first kappa shape index (κ1) is 21.4. The van der Waals surface area contributed by atoms with Gasteiger partial charge in [-0.2, -0.15) is 8.61 Å². The number of hydrogen-bond donors (Lipinski definition) is 0. The summed E-state index contributed by atoms with van der Waals surface area (Å²) >= 11 is 0. The third-order valence-electron chi connectivity index (χ3n) is 4.68. The first-order chi connectivity index (χ1) is 13.8. The molecule has 2 aromatic carbocycles. The fraction of sp³-hybridized carbons (Fsp3) is 0.238. The number of rotatable bonds is 6. The monoisotopic (exact) mass is 432 g/mol. The summed E-state index contributed by atoms with van der Waals surface area (Å²) < 4.78 is 53.3. The van der Waals surface area contributed by atoms with Crippen molar-refractivity contribution < 1.29 is 16.8 Å². The van der Waals surface area contributed by atoms with Crippen LogP contribution >= 0.6 is 0 Å². The van der Waals surface area contributed by atoms with Crippen molar-refractivity contribution in [3.8, 4) is 0 Å². The van der Waals surface area contributed by atoms with E-state index in [0.717, 1.165) is 11.1 Å². The van der Waals surface area contributed by atoms with Crippen LogP contribution < -0.4 is 0 Å². The minimum atomic E-state index is -3.64. The van der Waals surface area contributed by atoms with Crippen LogP contribution in [0.25, 0.3) is 12.2 Å². The molecular weight excluding hydrogens is 408 g/mol. The Kier molecular flexibility index (Phi) is 6.69. The van der Waals surface area contributed by atoms with Gasteiger partial charge in [-0.25, -0.2) is 16.8 Å². The van der Waals surface area contributed by atoms with Crippen molar-refractivity contribution in [1.82, 2.24) is 8.61 Å². The predicted molar refractivity (Wildman–Crippen MR) is 117 cm³/mol. The van der Waals surface area contributed by atoms with E-state index in [0.29, 0.717) is 0 Å². The Labute approximate surface area is 172 Å². The molecule has 1 aliphatic rings. The van der Waals surface area contributed by atoms with E-state index in [-0.39, 0.29) is 19.6 Å². The van der Waals surface area contributed by atoms with Crippen molar-refractivity contribution in [3.63, 3.8) is 0 Å². The molecule has 1 aliphatic heterocycles. The van der Waals surface area contributed by atoms with Crippen LogP contribution in [0.15, 0.2) is 71.5 Å². The number of benzene rings is 2. The molecule has 1 heterocycles. The molecule has 1 unspecified atom stereocenters. The Balaban J connectivity index is 1.68. The smallest absolute Gasteiger partial charge is 0.208 e. The van der Waals surface area contributed by atoms with Gasteiger partial charge in [0, 0.05) is 36.5 Å². The third-order valence-corrected chi connectivity index (χ3v) is 7.89. The van der Waals surface area contributed by atoms with Crippen LogP contribution in [0, 0.1) is 0 Å². The molecule has 154 valence electrons. The highest BCUT2D eigenvalue weighted by Gasteiger charge is 2.34. The average Bonchev–Trinajstić information content (AvgIpc) is 2.72. The van der Waals surface area contributed by atoms with Crippen molar-refractivity contribution in [2.45, 2.75) is 13.0 Å². The zero-order valence-corrected chi connectivity index (χ0v) is 17.8. The van der Waals surface area contributed by atoms with Crippen LogP contribution in [-0.4, -0.2) is 51.1 Å². The minimum absolute atomic E-state index is 0.111. The summed E-state index contributed by atoms with van der Waals surface area (Å²) in [6.45, 7) is 2.06. The van der Waals surface area contributed by atoms with Gasteiger partial charge in [-0.15, -0.1) is 0 Å². The van der Waals surface area contributed by atoms with Gasteiger partial charge in [-0.1, -0.05) is 60.7 Å². The first-order valence-corrected chi connectivity index (χ1v) is 12.3. The van der Waals surface area contributed by atoms with Crippen molar-refractivity contribution >= 4 is 32.2 Å². The molecule has 0 radical (unpaired) electrons. The normalized spacial score (nSPS) is 19.8. The largest absolute Gasteiger partial charge is 0.236 e. The average molecular weight is 433 g/mol. The SMILES string of the molecule is CC1CN(S(=O)(=O)/C=C/c2ccccc2)CCN1S(=O)(=O)/C=C/c1ccccc1. The standard InChI is InChI=1S/C21H24N2O4S2/c1-19-18-22(28(24,25)16-12-20-8-4-2-5-9-20)14-15-23(19)29(26,27)17-13-21-10-6-3-7-11-21/h2-13,16-17,19H,14-15,18H2,1H3/b16-12+,17-13+. The summed E-state index contributed by atoms with van der Waals surface area (Å²) in [4.78, 5) is 0. The Morgan fingerprint density at radius 3 is 1.72 bits per heavy atom. The molecule has 0 amide bonds. The van der Waals surface area contributed by atoms with Gasteiger partial charge < -0.3 is 0 Å². The maximum atomic E-state index is 12.7. The minimum Gasteiger partial charge on any atom is -0.208 e. The van der Waals surface area contributed by atoms with Gasteiger partial charge in [0.1, 0.15) is 0 Å². The second-order valence-electron chi connectivity index (χ2n) is 6.83. The van der Waals surface area contributed by atoms with Crippen molar-refractivity contribution in [1.29, 1.82) is 0 Å². The molecule has 1 saturated heterocycles. The van der Waals surface area contributed by atoms with Crippen LogP contribution in [-0.2, 0) is 20.0 Å². The van der Waals surface area contributed by atoms with Gasteiger partial charge in [-0.05, 0) is 30.2 Å². The van der Waals surface area contributed by atoms with E-state index in [9.17, 15) is 16.8 Å². The lowest BCUT2D eigenvalue weighted by Gasteiger charge is -2.37. The van der Waals surface area contributed by atoms with E-state index < -0.39 is 26.1 Å². The second kappa shape index (κ2) is 9.04. The highest BCUT2D eigenvalue weighted by atomic mass is 32.2. The zero-order chi connectivity index (χ0) is 20.9. The van der Waals surface area contributed by atoms with E-state index in [1.54, 1.807) is 19.1 Å². The molecule has 6 nitrogen and oxygen atoms in total. The Morgan fingerprint density at radius 1 is 0.759 bits per heavy atom. The summed E-state index contributed by atoms with van der Waals surface area (Å²) in [5.41, 5.74) is 1.58. The van der Waals surface area contributed by atoms with Crippen LogP contribution in [0.2, 0.25) is 0 Å². The van der Waals surface area contributed by atoms with E-state index in [1.165, 1.54) is 19.4 Å². The topological polar surface area (TPSA) is 74.8 Å². The lowest BCUT2D eigenvalue weighted by molar-refractivity contribution is 0.216. The van der Waals surface area contributed by atoms with Crippen LogP contribution in [0.4, 0.5) is 0 Å². The first-order valence-electron chi connectivity index (χ1n) is 9.26. The maximum absolute atomic E-state index is 12.7. The summed E-state index contributed by atoms with van der Waals surface area (Å²) in [6, 6.07) is 17.9. The lowest BCUT2D eigenvalue weighted by atomic mass is 10.2. The maximum Gasteiger partial charge on any atom is 0.236 e. The van der Waals surface area contributed by atoms with Gasteiger partial charge >= 0.3 is 0 Å². The van der Waals surface area contributed by atoms with Gasteiger partial charge in [0.15, 0.2) is 0 Å². The number of nitrogens with zero attached hydrogens (tertiary/aromatic N) is 2. The quantitative estimate of drug-likeness (QED) is 0.703. The number of hydrogen-bond acceptors (Lipinski definition) is 4. The van der Waals surface area contributed by atoms with Gasteiger partial charge in [0.25, 0.3) is 0 Å². The fourth-order valence-corrected chi connectivity index (χ4v) is 5.79. The summed E-state index contributed by atoms with van der Waals surface area (Å²) in [5.74, 6) is 0. The summed E-state index contributed by atoms with van der Waals surface area (Å²) in [7, 11) is -7.27.